The van der Waals surface area contributed by atoms with Gasteiger partial charge in [-0.25, -0.2) is 4.31 Å². The number of hydrogen-bond acceptors (Lipinski definition) is 4. The summed E-state index contributed by atoms with van der Waals surface area (Å²) in [4.78, 5) is 6.39. The van der Waals surface area contributed by atoms with Gasteiger partial charge in [0.2, 0.25) is 0 Å². The molecule has 3 aromatic carbocycles. The summed E-state index contributed by atoms with van der Waals surface area (Å²) in [6, 6.07) is 28.7. The van der Waals surface area contributed by atoms with E-state index in [9.17, 15) is 0 Å². The third-order valence-electron chi connectivity index (χ3n) is 5.87. The summed E-state index contributed by atoms with van der Waals surface area (Å²) in [5, 5.41) is 0. The van der Waals surface area contributed by atoms with Crippen LogP contribution in [0.5, 0.6) is 0 Å². The van der Waals surface area contributed by atoms with Gasteiger partial charge in [-0.15, -0.1) is 0 Å². The number of para-hydroxylation sites is 1. The molecule has 0 N–H and O–H groups in total. The first-order chi connectivity index (χ1) is 14.3. The maximum atomic E-state index is 2.57. The molecule has 2 aliphatic heterocycles. The van der Waals surface area contributed by atoms with Gasteiger partial charge in [-0.05, 0) is 52.9 Å². The van der Waals surface area contributed by atoms with Gasteiger partial charge in [0, 0.05) is 56.4 Å². The minimum absolute atomic E-state index is 1.04. The normalized spacial score (nSPS) is 17.4. The topological polar surface area (TPSA) is 9.72 Å². The van der Waals surface area contributed by atoms with Crippen molar-refractivity contribution in [2.45, 2.75) is 24.5 Å². The zero-order valence-corrected chi connectivity index (χ0v) is 17.5. The van der Waals surface area contributed by atoms with Crippen LogP contribution in [0.3, 0.4) is 0 Å². The second-order valence-electron chi connectivity index (χ2n) is 7.90. The summed E-state index contributed by atoms with van der Waals surface area (Å²) < 4.78 is 2.45. The highest BCUT2D eigenvalue weighted by atomic mass is 32.2. The molecule has 5 rings (SSSR count). The minimum Gasteiger partial charge on any atom is -0.369 e. The summed E-state index contributed by atoms with van der Waals surface area (Å²) in [7, 11) is 0. The lowest BCUT2D eigenvalue weighted by atomic mass is 10.1. The fourth-order valence-corrected chi connectivity index (χ4v) is 5.20. The molecule has 0 atom stereocenters. The molecule has 2 aliphatic rings. The van der Waals surface area contributed by atoms with Crippen molar-refractivity contribution < 1.29 is 0 Å². The van der Waals surface area contributed by atoms with Crippen LogP contribution in [-0.2, 0) is 19.6 Å². The van der Waals surface area contributed by atoms with E-state index in [4.69, 9.17) is 0 Å². The molecule has 0 amide bonds. The Labute approximate surface area is 178 Å². The number of fused-ring (bicyclic) bond motifs is 1. The third-order valence-corrected chi connectivity index (χ3v) is 6.87. The van der Waals surface area contributed by atoms with E-state index >= 15 is 0 Å². The van der Waals surface area contributed by atoms with Crippen LogP contribution in [0, 0.1) is 0 Å². The van der Waals surface area contributed by atoms with E-state index in [1.165, 1.54) is 27.3 Å². The van der Waals surface area contributed by atoms with Gasteiger partial charge in [0.25, 0.3) is 0 Å². The molecule has 1 fully saturated rings. The van der Waals surface area contributed by atoms with Crippen LogP contribution in [0.1, 0.15) is 16.7 Å². The average Bonchev–Trinajstić information content (AvgIpc) is 3.19. The maximum Gasteiger partial charge on any atom is 0.0367 e. The summed E-state index contributed by atoms with van der Waals surface area (Å²) in [6.07, 6.45) is 0. The van der Waals surface area contributed by atoms with E-state index in [0.717, 1.165) is 45.8 Å². The standard InChI is InChI=1S/C25H27N3S/c1-2-8-24(9-3-1)27-16-14-26(15-17-27)18-21-10-12-25(13-11-21)29-28-19-22-6-4-5-7-23(22)20-28/h1-13H,14-20H2. The van der Waals surface area contributed by atoms with E-state index in [2.05, 4.69) is 93.0 Å². The van der Waals surface area contributed by atoms with E-state index in [0.29, 0.717) is 0 Å². The number of rotatable bonds is 5. The molecule has 0 aromatic heterocycles. The Balaban J connectivity index is 1.12. The van der Waals surface area contributed by atoms with Gasteiger partial charge >= 0.3 is 0 Å². The van der Waals surface area contributed by atoms with E-state index in [1.807, 2.05) is 11.9 Å². The van der Waals surface area contributed by atoms with Gasteiger partial charge in [0.1, 0.15) is 0 Å². The molecule has 4 heteroatoms. The lowest BCUT2D eigenvalue weighted by Gasteiger charge is -2.36. The second kappa shape index (κ2) is 8.62. The van der Waals surface area contributed by atoms with Crippen LogP contribution in [-0.4, -0.2) is 35.4 Å². The largest absolute Gasteiger partial charge is 0.369 e. The Bertz CT molecular complexity index is 909. The number of anilines is 1. The highest BCUT2D eigenvalue weighted by Crippen LogP contribution is 2.32. The SMILES string of the molecule is c1ccc(N2CCN(Cc3ccc(SN4Cc5ccccc5C4)cc3)CC2)cc1. The van der Waals surface area contributed by atoms with Crippen LogP contribution in [0.4, 0.5) is 5.69 Å². The predicted molar refractivity (Wildman–Crippen MR) is 122 cm³/mol. The molecule has 29 heavy (non-hydrogen) atoms. The average molecular weight is 402 g/mol. The molecule has 2 heterocycles. The van der Waals surface area contributed by atoms with E-state index in [-0.39, 0.29) is 0 Å². The third kappa shape index (κ3) is 4.50. The summed E-state index contributed by atoms with van der Waals surface area (Å²) in [5.41, 5.74) is 5.68. The Morgan fingerprint density at radius 1 is 0.655 bits per heavy atom. The Kier molecular flexibility index (Phi) is 5.57. The molecule has 3 nitrogen and oxygen atoms in total. The number of hydrogen-bond donors (Lipinski definition) is 0. The van der Waals surface area contributed by atoms with Gasteiger partial charge < -0.3 is 4.90 Å². The second-order valence-corrected chi connectivity index (χ2v) is 9.07. The molecule has 148 valence electrons. The zero-order chi connectivity index (χ0) is 19.5. The zero-order valence-electron chi connectivity index (χ0n) is 16.7. The first-order valence-electron chi connectivity index (χ1n) is 10.4. The number of nitrogens with zero attached hydrogens (tertiary/aromatic N) is 3. The summed E-state index contributed by atoms with van der Waals surface area (Å²) in [5.74, 6) is 0. The van der Waals surface area contributed by atoms with Gasteiger partial charge in [0.15, 0.2) is 0 Å². The fourth-order valence-electron chi connectivity index (χ4n) is 4.23. The molecule has 0 saturated carbocycles. The molecule has 0 bridgehead atoms. The van der Waals surface area contributed by atoms with Gasteiger partial charge in [0.05, 0.1) is 0 Å². The molecule has 0 aliphatic carbocycles. The van der Waals surface area contributed by atoms with Crippen LogP contribution in [0.15, 0.2) is 83.8 Å². The number of benzene rings is 3. The smallest absolute Gasteiger partial charge is 0.0367 e. The monoisotopic (exact) mass is 401 g/mol. The van der Waals surface area contributed by atoms with Gasteiger partial charge in [-0.3, -0.25) is 4.90 Å². The summed E-state index contributed by atoms with van der Waals surface area (Å²) in [6.45, 7) is 7.57. The van der Waals surface area contributed by atoms with Crippen LogP contribution < -0.4 is 4.90 Å². The first kappa shape index (κ1) is 18.7. The summed E-state index contributed by atoms with van der Waals surface area (Å²) >= 11 is 1.87. The Morgan fingerprint density at radius 3 is 1.93 bits per heavy atom. The Hall–Kier alpha value is -2.27. The predicted octanol–water partition coefficient (Wildman–Crippen LogP) is 5.03. The van der Waals surface area contributed by atoms with Crippen molar-refractivity contribution in [1.82, 2.24) is 9.21 Å². The van der Waals surface area contributed by atoms with Crippen molar-refractivity contribution in [2.24, 2.45) is 0 Å². The van der Waals surface area contributed by atoms with Gasteiger partial charge in [-0.2, -0.15) is 0 Å². The Morgan fingerprint density at radius 2 is 1.28 bits per heavy atom. The van der Waals surface area contributed by atoms with Gasteiger partial charge in [-0.1, -0.05) is 54.6 Å². The maximum absolute atomic E-state index is 2.57. The van der Waals surface area contributed by atoms with Crippen molar-refractivity contribution in [2.75, 3.05) is 31.1 Å². The first-order valence-corrected chi connectivity index (χ1v) is 11.2. The van der Waals surface area contributed by atoms with Crippen LogP contribution in [0.25, 0.3) is 0 Å². The van der Waals surface area contributed by atoms with Crippen molar-refractivity contribution in [3.05, 3.63) is 95.6 Å². The molecular weight excluding hydrogens is 374 g/mol. The van der Waals surface area contributed by atoms with Crippen molar-refractivity contribution in [1.29, 1.82) is 0 Å². The quantitative estimate of drug-likeness (QED) is 0.554. The van der Waals surface area contributed by atoms with E-state index < -0.39 is 0 Å². The van der Waals surface area contributed by atoms with Crippen molar-refractivity contribution in [3.63, 3.8) is 0 Å². The lowest BCUT2D eigenvalue weighted by Crippen LogP contribution is -2.45. The van der Waals surface area contributed by atoms with Crippen molar-refractivity contribution in [3.8, 4) is 0 Å². The molecule has 0 spiro atoms. The minimum atomic E-state index is 1.04. The molecule has 0 unspecified atom stereocenters. The highest BCUT2D eigenvalue weighted by Gasteiger charge is 2.20. The number of piperazine rings is 1. The van der Waals surface area contributed by atoms with Crippen LogP contribution in [0.2, 0.25) is 0 Å². The van der Waals surface area contributed by atoms with E-state index in [1.54, 1.807) is 0 Å². The molecular formula is C25H27N3S. The lowest BCUT2D eigenvalue weighted by molar-refractivity contribution is 0.250. The molecule has 3 aromatic rings. The fraction of sp³-hybridized carbons (Fsp3) is 0.280. The molecule has 0 radical (unpaired) electrons. The molecule has 1 saturated heterocycles. The highest BCUT2D eigenvalue weighted by molar-refractivity contribution is 7.97. The van der Waals surface area contributed by atoms with Crippen LogP contribution >= 0.6 is 11.9 Å². The van der Waals surface area contributed by atoms with Crippen molar-refractivity contribution >= 4 is 17.6 Å².